The first kappa shape index (κ1) is 16.5. The fourth-order valence-electron chi connectivity index (χ4n) is 1.96. The molecule has 1 heterocycles. The first-order valence-electron chi connectivity index (χ1n) is 7.40. The van der Waals surface area contributed by atoms with Crippen LogP contribution in [0.3, 0.4) is 0 Å². The Kier molecular flexibility index (Phi) is 6.87. The van der Waals surface area contributed by atoms with Crippen LogP contribution < -0.4 is 5.32 Å². The molecule has 4 heteroatoms. The maximum absolute atomic E-state index is 11.6. The lowest BCUT2D eigenvalue weighted by atomic mass is 10.1. The Labute approximate surface area is 135 Å². The maximum Gasteiger partial charge on any atom is 0.244 e. The van der Waals surface area contributed by atoms with Crippen molar-refractivity contribution in [3.63, 3.8) is 0 Å². The third kappa shape index (κ3) is 5.84. The van der Waals surface area contributed by atoms with Gasteiger partial charge in [0.05, 0.1) is 6.10 Å². The van der Waals surface area contributed by atoms with Gasteiger partial charge in [-0.15, -0.1) is 0 Å². The molecule has 0 aliphatic carbocycles. The summed E-state index contributed by atoms with van der Waals surface area (Å²) in [4.78, 5) is 11.6. The number of benzene rings is 1. The fraction of sp³-hybridized carbons (Fsp3) is 0.278. The van der Waals surface area contributed by atoms with Gasteiger partial charge in [0.25, 0.3) is 0 Å². The molecule has 0 fully saturated rings. The third-order valence-electron chi connectivity index (χ3n) is 3.23. The van der Waals surface area contributed by atoms with Crippen LogP contribution in [0.4, 0.5) is 0 Å². The number of carbonyl (C=O) groups excluding carboxylic acids is 1. The van der Waals surface area contributed by atoms with Crippen LogP contribution in [0.2, 0.25) is 0 Å². The Morgan fingerprint density at radius 1 is 1.32 bits per heavy atom. The van der Waals surface area contributed by atoms with Crippen LogP contribution in [0.25, 0.3) is 6.08 Å². The van der Waals surface area contributed by atoms with Gasteiger partial charge in [0.1, 0.15) is 0 Å². The topological polar surface area (TPSA) is 38.3 Å². The molecule has 0 radical (unpaired) electrons. The van der Waals surface area contributed by atoms with Crippen molar-refractivity contribution in [3.8, 4) is 0 Å². The summed E-state index contributed by atoms with van der Waals surface area (Å²) in [5.41, 5.74) is 2.23. The summed E-state index contributed by atoms with van der Waals surface area (Å²) in [5.74, 6) is -0.0673. The summed E-state index contributed by atoms with van der Waals surface area (Å²) < 4.78 is 5.76. The molecular formula is C18H21NO2S. The van der Waals surface area contributed by atoms with E-state index in [4.69, 9.17) is 4.74 Å². The highest BCUT2D eigenvalue weighted by Crippen LogP contribution is 2.15. The van der Waals surface area contributed by atoms with Crippen molar-refractivity contribution < 1.29 is 9.53 Å². The molecule has 2 aromatic rings. The van der Waals surface area contributed by atoms with Gasteiger partial charge in [-0.2, -0.15) is 11.3 Å². The maximum atomic E-state index is 11.6. The summed E-state index contributed by atoms with van der Waals surface area (Å²) in [6, 6.07) is 12.1. The number of ether oxygens (including phenoxy) is 1. The van der Waals surface area contributed by atoms with E-state index in [0.29, 0.717) is 13.2 Å². The number of hydrogen-bond donors (Lipinski definition) is 1. The summed E-state index contributed by atoms with van der Waals surface area (Å²) in [6.45, 7) is 3.29. The summed E-state index contributed by atoms with van der Waals surface area (Å²) in [7, 11) is 0. The Balaban J connectivity index is 1.58. The molecule has 22 heavy (non-hydrogen) atoms. The van der Waals surface area contributed by atoms with Gasteiger partial charge in [-0.3, -0.25) is 4.79 Å². The van der Waals surface area contributed by atoms with Crippen molar-refractivity contribution in [2.24, 2.45) is 0 Å². The third-order valence-corrected chi connectivity index (χ3v) is 3.93. The standard InChI is InChI=1S/C18H21NO2S/c1-15(17-6-3-2-4-7-17)21-12-5-11-19-18(20)9-8-16-10-13-22-14-16/h2-4,6-10,13-15H,5,11-12H2,1H3,(H,19,20)/b9-8+. The molecule has 1 N–H and O–H groups in total. The minimum atomic E-state index is -0.0673. The molecule has 0 spiro atoms. The van der Waals surface area contributed by atoms with Crippen molar-refractivity contribution in [1.82, 2.24) is 5.32 Å². The molecule has 0 saturated heterocycles. The van der Waals surface area contributed by atoms with Gasteiger partial charge in [-0.05, 0) is 47.4 Å². The zero-order valence-electron chi connectivity index (χ0n) is 12.7. The van der Waals surface area contributed by atoms with E-state index in [9.17, 15) is 4.79 Å². The predicted octanol–water partition coefficient (Wildman–Crippen LogP) is 4.05. The lowest BCUT2D eigenvalue weighted by Crippen LogP contribution is -2.23. The van der Waals surface area contributed by atoms with Crippen LogP contribution in [0, 0.1) is 0 Å². The van der Waals surface area contributed by atoms with Gasteiger partial charge < -0.3 is 10.1 Å². The van der Waals surface area contributed by atoms with E-state index in [-0.39, 0.29) is 12.0 Å². The van der Waals surface area contributed by atoms with E-state index in [1.807, 2.05) is 48.0 Å². The van der Waals surface area contributed by atoms with E-state index in [2.05, 4.69) is 17.4 Å². The first-order chi connectivity index (χ1) is 10.8. The Bertz CT molecular complexity index is 578. The van der Waals surface area contributed by atoms with Crippen LogP contribution in [0.1, 0.15) is 30.6 Å². The minimum absolute atomic E-state index is 0.0673. The molecule has 0 aliphatic heterocycles. The predicted molar refractivity (Wildman–Crippen MR) is 91.8 cm³/mol. The zero-order chi connectivity index (χ0) is 15.6. The molecule has 0 aliphatic rings. The molecule has 1 aromatic carbocycles. The highest BCUT2D eigenvalue weighted by atomic mass is 32.1. The largest absolute Gasteiger partial charge is 0.374 e. The second-order valence-electron chi connectivity index (χ2n) is 4.96. The lowest BCUT2D eigenvalue weighted by molar-refractivity contribution is -0.116. The molecular weight excluding hydrogens is 294 g/mol. The minimum Gasteiger partial charge on any atom is -0.374 e. The molecule has 0 bridgehead atoms. The monoisotopic (exact) mass is 315 g/mol. The van der Waals surface area contributed by atoms with Gasteiger partial charge in [0, 0.05) is 19.2 Å². The normalized spacial score (nSPS) is 12.4. The van der Waals surface area contributed by atoms with Gasteiger partial charge in [0.15, 0.2) is 0 Å². The van der Waals surface area contributed by atoms with Gasteiger partial charge in [0.2, 0.25) is 5.91 Å². The average Bonchev–Trinajstić information content (AvgIpc) is 3.06. The van der Waals surface area contributed by atoms with Crippen LogP contribution in [-0.2, 0) is 9.53 Å². The molecule has 2 rings (SSSR count). The van der Waals surface area contributed by atoms with Crippen molar-refractivity contribution >= 4 is 23.3 Å². The molecule has 3 nitrogen and oxygen atoms in total. The number of thiophene rings is 1. The lowest BCUT2D eigenvalue weighted by Gasteiger charge is -2.13. The number of carbonyl (C=O) groups is 1. The van der Waals surface area contributed by atoms with E-state index in [0.717, 1.165) is 12.0 Å². The van der Waals surface area contributed by atoms with E-state index in [1.165, 1.54) is 5.56 Å². The molecule has 1 atom stereocenters. The second kappa shape index (κ2) is 9.18. The SMILES string of the molecule is CC(OCCCNC(=O)/C=C/c1ccsc1)c1ccccc1. The average molecular weight is 315 g/mol. The van der Waals surface area contributed by atoms with Crippen molar-refractivity contribution in [1.29, 1.82) is 0 Å². The Morgan fingerprint density at radius 3 is 2.86 bits per heavy atom. The van der Waals surface area contributed by atoms with Gasteiger partial charge in [-0.25, -0.2) is 0 Å². The summed E-state index contributed by atoms with van der Waals surface area (Å²) >= 11 is 1.62. The molecule has 116 valence electrons. The fourth-order valence-corrected chi connectivity index (χ4v) is 2.59. The van der Waals surface area contributed by atoms with Crippen molar-refractivity contribution in [2.45, 2.75) is 19.4 Å². The Hall–Kier alpha value is -1.91. The van der Waals surface area contributed by atoms with Crippen LogP contribution in [0.15, 0.2) is 53.2 Å². The number of rotatable bonds is 8. The van der Waals surface area contributed by atoms with Crippen molar-refractivity contribution in [2.75, 3.05) is 13.2 Å². The van der Waals surface area contributed by atoms with Crippen LogP contribution in [-0.4, -0.2) is 19.1 Å². The van der Waals surface area contributed by atoms with Crippen LogP contribution >= 0.6 is 11.3 Å². The zero-order valence-corrected chi connectivity index (χ0v) is 13.5. The summed E-state index contributed by atoms with van der Waals surface area (Å²) in [6.07, 6.45) is 4.26. The highest BCUT2D eigenvalue weighted by molar-refractivity contribution is 7.08. The molecule has 1 unspecified atom stereocenters. The number of hydrogen-bond acceptors (Lipinski definition) is 3. The van der Waals surface area contributed by atoms with E-state index in [1.54, 1.807) is 17.4 Å². The molecule has 1 aromatic heterocycles. The highest BCUT2D eigenvalue weighted by Gasteiger charge is 2.04. The number of amides is 1. The van der Waals surface area contributed by atoms with E-state index < -0.39 is 0 Å². The Morgan fingerprint density at radius 2 is 2.14 bits per heavy atom. The van der Waals surface area contributed by atoms with Gasteiger partial charge >= 0.3 is 0 Å². The molecule has 1 amide bonds. The van der Waals surface area contributed by atoms with Crippen LogP contribution in [0.5, 0.6) is 0 Å². The first-order valence-corrected chi connectivity index (χ1v) is 8.34. The second-order valence-corrected chi connectivity index (χ2v) is 5.74. The summed E-state index contributed by atoms with van der Waals surface area (Å²) in [5, 5.41) is 6.85. The van der Waals surface area contributed by atoms with Crippen molar-refractivity contribution in [3.05, 3.63) is 64.4 Å². The van der Waals surface area contributed by atoms with Gasteiger partial charge in [-0.1, -0.05) is 30.3 Å². The smallest absolute Gasteiger partial charge is 0.244 e. The quantitative estimate of drug-likeness (QED) is 0.589. The number of nitrogens with one attached hydrogen (secondary N) is 1. The molecule has 0 saturated carbocycles. The van der Waals surface area contributed by atoms with E-state index >= 15 is 0 Å².